The van der Waals surface area contributed by atoms with Crippen molar-refractivity contribution in [3.8, 4) is 0 Å². The molecule has 0 saturated carbocycles. The SMILES string of the molecule is CCCCCCSP(O)(=S)SCCCCCC. The fourth-order valence-corrected chi connectivity index (χ4v) is 8.39. The first-order valence-electron chi connectivity index (χ1n) is 6.74. The summed E-state index contributed by atoms with van der Waals surface area (Å²) in [6.45, 7) is 4.44. The van der Waals surface area contributed by atoms with E-state index in [1.54, 1.807) is 22.8 Å². The Hall–Kier alpha value is 1.31. The summed E-state index contributed by atoms with van der Waals surface area (Å²) in [4.78, 5) is 10.1. The van der Waals surface area contributed by atoms with Gasteiger partial charge in [0.1, 0.15) is 0 Å². The van der Waals surface area contributed by atoms with Crippen molar-refractivity contribution in [2.24, 2.45) is 0 Å². The van der Waals surface area contributed by atoms with Gasteiger partial charge in [-0.2, -0.15) is 0 Å². The maximum Gasteiger partial charge on any atom is 0.172 e. The minimum atomic E-state index is -2.12. The fourth-order valence-electron chi connectivity index (χ4n) is 1.45. The molecule has 0 aliphatic heterocycles. The first-order chi connectivity index (χ1) is 8.12. The molecule has 0 amide bonds. The quantitative estimate of drug-likeness (QED) is 0.361. The third-order valence-electron chi connectivity index (χ3n) is 2.50. The lowest BCUT2D eigenvalue weighted by Crippen LogP contribution is -1.83. The first kappa shape index (κ1) is 18.3. The standard InChI is InChI=1S/C12H27OPS3/c1-3-5-7-9-11-16-14(13,15)17-12-10-8-6-4-2/h3-12H2,1-2H3,(H,13,15). The van der Waals surface area contributed by atoms with Crippen molar-refractivity contribution >= 4 is 39.2 Å². The molecule has 0 bridgehead atoms. The van der Waals surface area contributed by atoms with Crippen LogP contribution in [0.1, 0.15) is 65.2 Å². The van der Waals surface area contributed by atoms with Gasteiger partial charge in [0.25, 0.3) is 0 Å². The van der Waals surface area contributed by atoms with E-state index in [0.29, 0.717) is 0 Å². The van der Waals surface area contributed by atoms with Gasteiger partial charge in [-0.05, 0) is 24.6 Å². The van der Waals surface area contributed by atoms with E-state index in [9.17, 15) is 4.89 Å². The summed E-state index contributed by atoms with van der Waals surface area (Å²) in [5.41, 5.74) is 0. The molecule has 0 aliphatic carbocycles. The molecule has 0 spiro atoms. The highest BCUT2D eigenvalue weighted by Gasteiger charge is 2.13. The first-order valence-corrected chi connectivity index (χ1v) is 12.7. The lowest BCUT2D eigenvalue weighted by molar-refractivity contribution is 0.653. The van der Waals surface area contributed by atoms with Gasteiger partial charge in [0, 0.05) is 11.5 Å². The largest absolute Gasteiger partial charge is 0.350 e. The van der Waals surface area contributed by atoms with Gasteiger partial charge >= 0.3 is 0 Å². The van der Waals surface area contributed by atoms with Crippen LogP contribution in [0.25, 0.3) is 0 Å². The Morgan fingerprint density at radius 1 is 0.824 bits per heavy atom. The van der Waals surface area contributed by atoms with Crippen LogP contribution >= 0.6 is 27.4 Å². The van der Waals surface area contributed by atoms with Crippen LogP contribution < -0.4 is 0 Å². The Morgan fingerprint density at radius 3 is 1.59 bits per heavy atom. The summed E-state index contributed by atoms with van der Waals surface area (Å²) < 4.78 is -2.12. The molecule has 17 heavy (non-hydrogen) atoms. The van der Waals surface area contributed by atoms with E-state index in [1.165, 1.54) is 51.4 Å². The second-order valence-electron chi connectivity index (χ2n) is 4.26. The summed E-state index contributed by atoms with van der Waals surface area (Å²) >= 11 is 8.57. The maximum absolute atomic E-state index is 10.1. The van der Waals surface area contributed by atoms with Gasteiger partial charge in [0.2, 0.25) is 0 Å². The lowest BCUT2D eigenvalue weighted by atomic mass is 10.2. The van der Waals surface area contributed by atoms with E-state index < -0.39 is 4.67 Å². The van der Waals surface area contributed by atoms with E-state index in [4.69, 9.17) is 11.8 Å². The Labute approximate surface area is 120 Å². The molecule has 0 aliphatic rings. The smallest absolute Gasteiger partial charge is 0.172 e. The summed E-state index contributed by atoms with van der Waals surface area (Å²) in [5.74, 6) is 2.07. The molecule has 0 saturated heterocycles. The van der Waals surface area contributed by atoms with Crippen LogP contribution in [-0.4, -0.2) is 16.4 Å². The zero-order chi connectivity index (χ0) is 13.0. The molecule has 0 radical (unpaired) electrons. The highest BCUT2D eigenvalue weighted by Crippen LogP contribution is 2.66. The summed E-state index contributed by atoms with van der Waals surface area (Å²) in [5, 5.41) is 0. The number of hydrogen-bond donors (Lipinski definition) is 1. The summed E-state index contributed by atoms with van der Waals surface area (Å²) in [7, 11) is 0. The van der Waals surface area contributed by atoms with Gasteiger partial charge in [0.15, 0.2) is 4.67 Å². The van der Waals surface area contributed by atoms with Crippen molar-refractivity contribution in [1.82, 2.24) is 0 Å². The third-order valence-corrected chi connectivity index (χ3v) is 10.9. The van der Waals surface area contributed by atoms with E-state index >= 15 is 0 Å². The van der Waals surface area contributed by atoms with Crippen LogP contribution in [0.5, 0.6) is 0 Å². The van der Waals surface area contributed by atoms with Crippen molar-refractivity contribution in [1.29, 1.82) is 0 Å². The third kappa shape index (κ3) is 13.5. The molecule has 0 fully saturated rings. The maximum atomic E-state index is 10.1. The van der Waals surface area contributed by atoms with Crippen LogP contribution in [0, 0.1) is 0 Å². The summed E-state index contributed by atoms with van der Waals surface area (Å²) in [6, 6.07) is 0. The monoisotopic (exact) mass is 314 g/mol. The predicted molar refractivity (Wildman–Crippen MR) is 89.7 cm³/mol. The average molecular weight is 315 g/mol. The molecule has 1 N–H and O–H groups in total. The normalized spacial score (nSPS) is 11.9. The number of unbranched alkanes of at least 4 members (excludes halogenated alkanes) is 6. The summed E-state index contributed by atoms with van der Waals surface area (Å²) in [6.07, 6.45) is 10.1. The molecule has 0 heterocycles. The van der Waals surface area contributed by atoms with Crippen LogP contribution in [0.3, 0.4) is 0 Å². The van der Waals surface area contributed by atoms with E-state index in [2.05, 4.69) is 13.8 Å². The molecular formula is C12H27OPS3. The van der Waals surface area contributed by atoms with Crippen molar-refractivity contribution in [2.75, 3.05) is 11.5 Å². The predicted octanol–water partition coefficient (Wildman–Crippen LogP) is 5.83. The molecule has 1 nitrogen and oxygen atoms in total. The number of rotatable bonds is 12. The number of hydrogen-bond acceptors (Lipinski definition) is 3. The van der Waals surface area contributed by atoms with Gasteiger partial charge < -0.3 is 4.89 Å². The topological polar surface area (TPSA) is 20.2 Å². The fraction of sp³-hybridized carbons (Fsp3) is 1.00. The Kier molecular flexibility index (Phi) is 13.3. The van der Waals surface area contributed by atoms with Crippen molar-refractivity contribution < 1.29 is 4.89 Å². The van der Waals surface area contributed by atoms with Crippen LogP contribution in [0.15, 0.2) is 0 Å². The van der Waals surface area contributed by atoms with E-state index in [1.807, 2.05) is 0 Å². The molecule has 5 heteroatoms. The Morgan fingerprint density at radius 2 is 1.24 bits per heavy atom. The van der Waals surface area contributed by atoms with Gasteiger partial charge in [0.05, 0.1) is 0 Å². The molecular weight excluding hydrogens is 287 g/mol. The van der Waals surface area contributed by atoms with Crippen molar-refractivity contribution in [2.45, 2.75) is 65.2 Å². The Bertz CT molecular complexity index is 194. The molecule has 0 unspecified atom stereocenters. The zero-order valence-electron chi connectivity index (χ0n) is 11.2. The van der Waals surface area contributed by atoms with Gasteiger partial charge in [-0.25, -0.2) is 0 Å². The minimum Gasteiger partial charge on any atom is -0.350 e. The van der Waals surface area contributed by atoms with Gasteiger partial charge in [-0.1, -0.05) is 75.1 Å². The van der Waals surface area contributed by atoms with Gasteiger partial charge in [-0.3, -0.25) is 0 Å². The second-order valence-corrected chi connectivity index (χ2v) is 14.9. The van der Waals surface area contributed by atoms with E-state index in [-0.39, 0.29) is 0 Å². The molecule has 0 aromatic heterocycles. The van der Waals surface area contributed by atoms with Crippen LogP contribution in [-0.2, 0) is 11.8 Å². The zero-order valence-corrected chi connectivity index (χ0v) is 14.5. The van der Waals surface area contributed by atoms with Crippen LogP contribution in [0.2, 0.25) is 0 Å². The second kappa shape index (κ2) is 12.3. The molecule has 0 aromatic rings. The minimum absolute atomic E-state index is 1.04. The molecule has 0 rings (SSSR count). The average Bonchev–Trinajstić information content (AvgIpc) is 2.28. The van der Waals surface area contributed by atoms with Crippen molar-refractivity contribution in [3.05, 3.63) is 0 Å². The Balaban J connectivity index is 3.42. The molecule has 0 atom stereocenters. The molecule has 0 aromatic carbocycles. The van der Waals surface area contributed by atoms with Gasteiger partial charge in [-0.15, -0.1) is 0 Å². The van der Waals surface area contributed by atoms with E-state index in [0.717, 1.165) is 11.5 Å². The highest BCUT2D eigenvalue weighted by atomic mass is 33.2. The highest BCUT2D eigenvalue weighted by molar-refractivity contribution is 8.98. The molecule has 104 valence electrons. The lowest BCUT2D eigenvalue weighted by Gasteiger charge is -2.13. The van der Waals surface area contributed by atoms with Crippen molar-refractivity contribution in [3.63, 3.8) is 0 Å². The van der Waals surface area contributed by atoms with Crippen LogP contribution in [0.4, 0.5) is 0 Å².